The van der Waals surface area contributed by atoms with Crippen molar-refractivity contribution in [3.63, 3.8) is 0 Å². The molecule has 24 heavy (non-hydrogen) atoms. The number of benzene rings is 2. The standard InChI is InChI=1S/C17H12N4O3/c1-3-10-5-4-6-11(7-10)17-19-13-9-15(24-2)14(21(22)23)8-12(13)16(18)20-17/h1,4-9H,2H3,(H2,18,19,20). The molecule has 0 saturated heterocycles. The number of nitrogens with zero attached hydrogens (tertiary/aromatic N) is 3. The Bertz CT molecular complexity index is 1010. The second-order valence-corrected chi connectivity index (χ2v) is 4.96. The lowest BCUT2D eigenvalue weighted by atomic mass is 10.1. The lowest BCUT2D eigenvalue weighted by Gasteiger charge is -2.08. The number of hydrogen-bond acceptors (Lipinski definition) is 6. The summed E-state index contributed by atoms with van der Waals surface area (Å²) >= 11 is 0. The zero-order chi connectivity index (χ0) is 17.3. The summed E-state index contributed by atoms with van der Waals surface area (Å²) in [5.41, 5.74) is 7.62. The second kappa shape index (κ2) is 5.85. The molecular weight excluding hydrogens is 308 g/mol. The van der Waals surface area contributed by atoms with Crippen LogP contribution < -0.4 is 10.5 Å². The number of fused-ring (bicyclic) bond motifs is 1. The Morgan fingerprint density at radius 1 is 1.29 bits per heavy atom. The molecule has 0 fully saturated rings. The van der Waals surface area contributed by atoms with Crippen molar-refractivity contribution in [2.45, 2.75) is 0 Å². The van der Waals surface area contributed by atoms with Gasteiger partial charge in [0.25, 0.3) is 0 Å². The van der Waals surface area contributed by atoms with Gasteiger partial charge in [0.2, 0.25) is 0 Å². The minimum absolute atomic E-state index is 0.105. The summed E-state index contributed by atoms with van der Waals surface area (Å²) in [6, 6.07) is 9.95. The summed E-state index contributed by atoms with van der Waals surface area (Å²) in [6.45, 7) is 0. The first-order chi connectivity index (χ1) is 11.5. The van der Waals surface area contributed by atoms with E-state index in [1.165, 1.54) is 19.2 Å². The first-order valence-corrected chi connectivity index (χ1v) is 6.90. The molecule has 0 spiro atoms. The summed E-state index contributed by atoms with van der Waals surface area (Å²) in [5, 5.41) is 11.5. The lowest BCUT2D eigenvalue weighted by molar-refractivity contribution is -0.385. The molecule has 0 radical (unpaired) electrons. The molecule has 2 N–H and O–H groups in total. The van der Waals surface area contributed by atoms with E-state index in [-0.39, 0.29) is 17.3 Å². The maximum Gasteiger partial charge on any atom is 0.311 e. The number of ether oxygens (including phenoxy) is 1. The molecule has 0 amide bonds. The summed E-state index contributed by atoms with van der Waals surface area (Å²) in [6.07, 6.45) is 5.40. The van der Waals surface area contributed by atoms with E-state index in [1.54, 1.807) is 18.2 Å². The van der Waals surface area contributed by atoms with Crippen molar-refractivity contribution in [3.8, 4) is 29.5 Å². The van der Waals surface area contributed by atoms with Crippen LogP contribution in [0.25, 0.3) is 22.3 Å². The summed E-state index contributed by atoms with van der Waals surface area (Å²) in [4.78, 5) is 19.2. The largest absolute Gasteiger partial charge is 0.490 e. The van der Waals surface area contributed by atoms with Gasteiger partial charge in [-0.05, 0) is 12.1 Å². The zero-order valence-electron chi connectivity index (χ0n) is 12.7. The summed E-state index contributed by atoms with van der Waals surface area (Å²) in [5.74, 6) is 3.18. The van der Waals surface area contributed by atoms with Gasteiger partial charge in [-0.1, -0.05) is 18.1 Å². The highest BCUT2D eigenvalue weighted by Crippen LogP contribution is 2.34. The predicted octanol–water partition coefficient (Wildman–Crippen LogP) is 2.78. The van der Waals surface area contributed by atoms with Crippen LogP contribution in [0, 0.1) is 22.5 Å². The number of aromatic nitrogens is 2. The van der Waals surface area contributed by atoms with Crippen LogP contribution >= 0.6 is 0 Å². The molecule has 3 aromatic rings. The van der Waals surface area contributed by atoms with Gasteiger partial charge in [0, 0.05) is 28.6 Å². The fourth-order valence-electron chi connectivity index (χ4n) is 2.35. The van der Waals surface area contributed by atoms with E-state index in [2.05, 4.69) is 15.9 Å². The Morgan fingerprint density at radius 3 is 2.75 bits per heavy atom. The predicted molar refractivity (Wildman–Crippen MR) is 90.5 cm³/mol. The van der Waals surface area contributed by atoms with Crippen molar-refractivity contribution in [1.82, 2.24) is 9.97 Å². The molecule has 7 nitrogen and oxygen atoms in total. The van der Waals surface area contributed by atoms with Gasteiger partial charge in [0.1, 0.15) is 5.82 Å². The highest BCUT2D eigenvalue weighted by atomic mass is 16.6. The van der Waals surface area contributed by atoms with E-state index in [0.717, 1.165) is 0 Å². The number of rotatable bonds is 3. The normalized spacial score (nSPS) is 10.3. The van der Waals surface area contributed by atoms with Crippen LogP contribution in [0.2, 0.25) is 0 Å². The van der Waals surface area contributed by atoms with Crippen molar-refractivity contribution >= 4 is 22.4 Å². The van der Waals surface area contributed by atoms with Crippen LogP contribution in [0.15, 0.2) is 36.4 Å². The average molecular weight is 320 g/mol. The van der Waals surface area contributed by atoms with E-state index < -0.39 is 4.92 Å². The zero-order valence-corrected chi connectivity index (χ0v) is 12.7. The first-order valence-electron chi connectivity index (χ1n) is 6.90. The molecule has 1 aromatic heterocycles. The topological polar surface area (TPSA) is 104 Å². The SMILES string of the molecule is C#Cc1cccc(-c2nc(N)c3cc([N+](=O)[O-])c(OC)cc3n2)c1. The van der Waals surface area contributed by atoms with E-state index >= 15 is 0 Å². The summed E-state index contributed by atoms with van der Waals surface area (Å²) < 4.78 is 5.07. The van der Waals surface area contributed by atoms with Crippen LogP contribution in [0.3, 0.4) is 0 Å². The molecule has 7 heteroatoms. The number of nitro groups is 1. The van der Waals surface area contributed by atoms with Crippen molar-refractivity contribution in [2.24, 2.45) is 0 Å². The van der Waals surface area contributed by atoms with Crippen LogP contribution in [-0.2, 0) is 0 Å². The second-order valence-electron chi connectivity index (χ2n) is 4.96. The molecule has 118 valence electrons. The van der Waals surface area contributed by atoms with Crippen LogP contribution in [0.4, 0.5) is 11.5 Å². The first kappa shape index (κ1) is 15.2. The van der Waals surface area contributed by atoms with Gasteiger partial charge in [0.15, 0.2) is 11.6 Å². The fourth-order valence-corrected chi connectivity index (χ4v) is 2.35. The number of anilines is 1. The Hall–Kier alpha value is -3.66. The average Bonchev–Trinajstić information content (AvgIpc) is 2.60. The minimum Gasteiger partial charge on any atom is -0.490 e. The van der Waals surface area contributed by atoms with Crippen molar-refractivity contribution in [1.29, 1.82) is 0 Å². The van der Waals surface area contributed by atoms with E-state index in [4.69, 9.17) is 16.9 Å². The monoisotopic (exact) mass is 320 g/mol. The molecule has 0 bridgehead atoms. The Balaban J connectivity index is 2.25. The maximum atomic E-state index is 11.1. The molecule has 2 aromatic carbocycles. The quantitative estimate of drug-likeness (QED) is 0.452. The van der Waals surface area contributed by atoms with Gasteiger partial charge >= 0.3 is 5.69 Å². The molecule has 3 rings (SSSR count). The smallest absolute Gasteiger partial charge is 0.311 e. The van der Waals surface area contributed by atoms with Crippen LogP contribution in [0.5, 0.6) is 5.75 Å². The lowest BCUT2D eigenvalue weighted by Crippen LogP contribution is -2.00. The minimum atomic E-state index is -0.540. The molecule has 0 unspecified atom stereocenters. The Labute approximate surface area is 137 Å². The fraction of sp³-hybridized carbons (Fsp3) is 0.0588. The number of nitrogens with two attached hydrogens (primary N) is 1. The van der Waals surface area contributed by atoms with Crippen molar-refractivity contribution in [3.05, 3.63) is 52.1 Å². The molecule has 0 saturated carbocycles. The maximum absolute atomic E-state index is 11.1. The molecule has 0 aliphatic rings. The Morgan fingerprint density at radius 2 is 2.08 bits per heavy atom. The van der Waals surface area contributed by atoms with Crippen LogP contribution in [0.1, 0.15) is 5.56 Å². The van der Waals surface area contributed by atoms with Gasteiger partial charge in [-0.25, -0.2) is 9.97 Å². The van der Waals surface area contributed by atoms with Crippen molar-refractivity contribution < 1.29 is 9.66 Å². The molecule has 0 atom stereocenters. The van der Waals surface area contributed by atoms with Crippen LogP contribution in [-0.4, -0.2) is 22.0 Å². The third-order valence-corrected chi connectivity index (χ3v) is 3.51. The summed E-state index contributed by atoms with van der Waals surface area (Å²) in [7, 11) is 1.36. The Kier molecular flexibility index (Phi) is 3.72. The number of terminal acetylenes is 1. The molecule has 0 aliphatic heterocycles. The highest BCUT2D eigenvalue weighted by molar-refractivity contribution is 5.93. The molecular formula is C17H12N4O3. The van der Waals surface area contributed by atoms with Gasteiger partial charge in [-0.2, -0.15) is 0 Å². The number of nitrogen functional groups attached to an aromatic ring is 1. The van der Waals surface area contributed by atoms with Gasteiger partial charge in [0.05, 0.1) is 17.5 Å². The van der Waals surface area contributed by atoms with E-state index in [1.807, 2.05) is 6.07 Å². The molecule has 0 aliphatic carbocycles. The number of methoxy groups -OCH3 is 1. The van der Waals surface area contributed by atoms with E-state index in [9.17, 15) is 10.1 Å². The van der Waals surface area contributed by atoms with Gasteiger partial charge in [-0.15, -0.1) is 6.42 Å². The number of hydrogen-bond donors (Lipinski definition) is 1. The van der Waals surface area contributed by atoms with Crippen molar-refractivity contribution in [2.75, 3.05) is 12.8 Å². The van der Waals surface area contributed by atoms with Gasteiger partial charge in [-0.3, -0.25) is 10.1 Å². The van der Waals surface area contributed by atoms with E-state index in [0.29, 0.717) is 27.9 Å². The highest BCUT2D eigenvalue weighted by Gasteiger charge is 2.19. The molecule has 1 heterocycles. The third kappa shape index (κ3) is 2.57. The number of nitro benzene ring substituents is 1. The van der Waals surface area contributed by atoms with Gasteiger partial charge < -0.3 is 10.5 Å². The third-order valence-electron chi connectivity index (χ3n) is 3.51.